The van der Waals surface area contributed by atoms with Gasteiger partial charge in [0.2, 0.25) is 5.91 Å². The number of hydrogen-bond acceptors (Lipinski definition) is 4. The number of hydrogen-bond donors (Lipinski definition) is 0. The van der Waals surface area contributed by atoms with Crippen LogP contribution in [-0.2, 0) is 24.1 Å². The lowest BCUT2D eigenvalue weighted by molar-refractivity contribution is -0.116. The number of para-hydroxylation sites is 1. The first kappa shape index (κ1) is 18.1. The molecule has 4 rings (SSSR count). The summed E-state index contributed by atoms with van der Waals surface area (Å²) >= 11 is 1.40. The number of rotatable bonds is 3. The van der Waals surface area contributed by atoms with Crippen molar-refractivity contribution >= 4 is 23.4 Å². The van der Waals surface area contributed by atoms with Gasteiger partial charge in [-0.25, -0.2) is 4.98 Å². The van der Waals surface area contributed by atoms with Crippen molar-refractivity contribution in [1.82, 2.24) is 4.98 Å². The van der Waals surface area contributed by atoms with Gasteiger partial charge in [0, 0.05) is 17.9 Å². The minimum Gasteiger partial charge on any atom is -0.311 e. The summed E-state index contributed by atoms with van der Waals surface area (Å²) in [6, 6.07) is 12.4. The average molecular weight is 378 g/mol. The Kier molecular flexibility index (Phi) is 5.45. The number of nitrogens with zero attached hydrogens (tertiary/aromatic N) is 3. The molecule has 27 heavy (non-hydrogen) atoms. The summed E-state index contributed by atoms with van der Waals surface area (Å²) in [7, 11) is 0. The quantitative estimate of drug-likeness (QED) is 0.749. The van der Waals surface area contributed by atoms with Crippen molar-refractivity contribution in [1.29, 1.82) is 5.26 Å². The number of aromatic nitrogens is 1. The third-order valence-electron chi connectivity index (χ3n) is 5.41. The number of benzene rings is 1. The Morgan fingerprint density at radius 1 is 1.11 bits per heavy atom. The molecule has 0 saturated carbocycles. The molecule has 0 spiro atoms. The van der Waals surface area contributed by atoms with Crippen LogP contribution in [0.3, 0.4) is 0 Å². The van der Waals surface area contributed by atoms with Crippen LogP contribution in [0.1, 0.15) is 48.1 Å². The maximum absolute atomic E-state index is 12.8. The molecule has 1 aromatic heterocycles. The van der Waals surface area contributed by atoms with Gasteiger partial charge in [-0.05, 0) is 55.4 Å². The molecule has 1 amide bonds. The van der Waals surface area contributed by atoms with E-state index in [1.165, 1.54) is 42.2 Å². The number of fused-ring (bicyclic) bond motifs is 2. The highest BCUT2D eigenvalue weighted by Crippen LogP contribution is 2.30. The van der Waals surface area contributed by atoms with Gasteiger partial charge in [-0.3, -0.25) is 4.79 Å². The molecule has 1 aromatic carbocycles. The van der Waals surface area contributed by atoms with Crippen LogP contribution in [0.2, 0.25) is 0 Å². The summed E-state index contributed by atoms with van der Waals surface area (Å²) in [6.45, 7) is 0.738. The number of thioether (sulfide) groups is 1. The Hall–Kier alpha value is -2.32. The van der Waals surface area contributed by atoms with E-state index in [0.29, 0.717) is 16.3 Å². The molecule has 2 heterocycles. The van der Waals surface area contributed by atoms with Gasteiger partial charge in [0.05, 0.1) is 11.3 Å². The second kappa shape index (κ2) is 8.14. The molecule has 138 valence electrons. The van der Waals surface area contributed by atoms with Crippen LogP contribution in [0.15, 0.2) is 35.4 Å². The fraction of sp³-hybridized carbons (Fsp3) is 0.409. The number of nitriles is 1. The largest absolute Gasteiger partial charge is 0.311 e. The summed E-state index contributed by atoms with van der Waals surface area (Å²) in [5, 5.41) is 10.3. The summed E-state index contributed by atoms with van der Waals surface area (Å²) in [6.07, 6.45) is 7.71. The summed E-state index contributed by atoms with van der Waals surface area (Å²) in [4.78, 5) is 19.4. The standard InChI is InChI=1S/C22H23N3OS/c23-14-18-13-17-8-3-1-2-4-9-19(17)24-22(18)27-15-21(26)25-12-11-16-7-5-6-10-20(16)25/h5-7,10,13H,1-4,8-9,11-12,15H2. The Labute approximate surface area is 164 Å². The van der Waals surface area contributed by atoms with E-state index in [-0.39, 0.29) is 5.91 Å². The molecule has 5 heteroatoms. The topological polar surface area (TPSA) is 57.0 Å². The molecule has 4 nitrogen and oxygen atoms in total. The van der Waals surface area contributed by atoms with E-state index >= 15 is 0 Å². The van der Waals surface area contributed by atoms with E-state index in [1.807, 2.05) is 29.2 Å². The van der Waals surface area contributed by atoms with Crippen LogP contribution in [0.5, 0.6) is 0 Å². The van der Waals surface area contributed by atoms with Crippen molar-refractivity contribution in [2.75, 3.05) is 17.2 Å². The van der Waals surface area contributed by atoms with E-state index in [1.54, 1.807) is 0 Å². The Balaban J connectivity index is 1.50. The molecule has 0 radical (unpaired) electrons. The summed E-state index contributed by atoms with van der Waals surface area (Å²) in [5.41, 5.74) is 5.20. The van der Waals surface area contributed by atoms with Crippen LogP contribution in [0.4, 0.5) is 5.69 Å². The zero-order valence-corrected chi connectivity index (χ0v) is 16.2. The zero-order valence-electron chi connectivity index (χ0n) is 15.4. The summed E-state index contributed by atoms with van der Waals surface area (Å²) in [5.74, 6) is 0.400. The maximum Gasteiger partial charge on any atom is 0.237 e. The van der Waals surface area contributed by atoms with Crippen LogP contribution < -0.4 is 4.90 Å². The molecule has 0 atom stereocenters. The molecular formula is C22H23N3OS. The van der Waals surface area contributed by atoms with E-state index in [4.69, 9.17) is 4.98 Å². The van der Waals surface area contributed by atoms with Crippen LogP contribution in [-0.4, -0.2) is 23.2 Å². The normalized spacial score (nSPS) is 16.0. The highest BCUT2D eigenvalue weighted by molar-refractivity contribution is 8.00. The number of carbonyl (C=O) groups excluding carboxylic acids is 1. The SMILES string of the molecule is N#Cc1cc2c(nc1SCC(=O)N1CCc3ccccc31)CCCCCC2. The number of carbonyl (C=O) groups is 1. The third kappa shape index (κ3) is 3.86. The molecule has 0 bridgehead atoms. The fourth-order valence-corrected chi connectivity index (χ4v) is 4.81. The first-order valence-corrected chi connectivity index (χ1v) is 10.7. The predicted octanol–water partition coefficient (Wildman–Crippen LogP) is 4.29. The molecule has 1 aliphatic carbocycles. The Bertz CT molecular complexity index is 903. The van der Waals surface area contributed by atoms with E-state index in [9.17, 15) is 10.1 Å². The van der Waals surface area contributed by atoms with E-state index < -0.39 is 0 Å². The molecule has 2 aliphatic rings. The minimum absolute atomic E-state index is 0.0855. The smallest absolute Gasteiger partial charge is 0.237 e. The lowest BCUT2D eigenvalue weighted by Crippen LogP contribution is -2.30. The first-order chi connectivity index (χ1) is 13.3. The van der Waals surface area contributed by atoms with E-state index in [2.05, 4.69) is 12.1 Å². The van der Waals surface area contributed by atoms with Gasteiger partial charge < -0.3 is 4.90 Å². The molecular weight excluding hydrogens is 354 g/mol. The molecule has 0 N–H and O–H groups in total. The summed E-state index contributed by atoms with van der Waals surface area (Å²) < 4.78 is 0. The second-order valence-corrected chi connectivity index (χ2v) is 8.15. The highest BCUT2D eigenvalue weighted by Gasteiger charge is 2.24. The highest BCUT2D eigenvalue weighted by atomic mass is 32.2. The lowest BCUT2D eigenvalue weighted by atomic mass is 9.96. The minimum atomic E-state index is 0.0855. The molecule has 2 aromatic rings. The van der Waals surface area contributed by atoms with Crippen LogP contribution in [0.25, 0.3) is 0 Å². The fourth-order valence-electron chi connectivity index (χ4n) is 3.96. The van der Waals surface area contributed by atoms with Gasteiger partial charge >= 0.3 is 0 Å². The predicted molar refractivity (Wildman–Crippen MR) is 108 cm³/mol. The second-order valence-electron chi connectivity index (χ2n) is 7.19. The maximum atomic E-state index is 12.8. The van der Waals surface area contributed by atoms with Crippen molar-refractivity contribution in [3.63, 3.8) is 0 Å². The Morgan fingerprint density at radius 2 is 1.93 bits per heavy atom. The van der Waals surface area contributed by atoms with Crippen molar-refractivity contribution < 1.29 is 4.79 Å². The number of anilines is 1. The first-order valence-electron chi connectivity index (χ1n) is 9.70. The van der Waals surface area contributed by atoms with Crippen molar-refractivity contribution in [3.05, 3.63) is 52.7 Å². The lowest BCUT2D eigenvalue weighted by Gasteiger charge is -2.18. The molecule has 0 fully saturated rings. The number of pyridine rings is 1. The molecule has 0 unspecified atom stereocenters. The zero-order chi connectivity index (χ0) is 18.6. The number of aryl methyl sites for hydroxylation is 2. The van der Waals surface area contributed by atoms with Gasteiger partial charge in [0.15, 0.2) is 0 Å². The number of amides is 1. The van der Waals surface area contributed by atoms with Gasteiger partial charge in [0.25, 0.3) is 0 Å². The van der Waals surface area contributed by atoms with Crippen molar-refractivity contribution in [3.8, 4) is 6.07 Å². The van der Waals surface area contributed by atoms with Crippen LogP contribution >= 0.6 is 11.8 Å². The van der Waals surface area contributed by atoms with Gasteiger partial charge in [0.1, 0.15) is 11.1 Å². The van der Waals surface area contributed by atoms with E-state index in [0.717, 1.165) is 43.6 Å². The molecule has 0 saturated heterocycles. The van der Waals surface area contributed by atoms with Crippen LogP contribution in [0, 0.1) is 11.3 Å². The van der Waals surface area contributed by atoms with Crippen molar-refractivity contribution in [2.45, 2.75) is 50.0 Å². The van der Waals surface area contributed by atoms with Gasteiger partial charge in [-0.2, -0.15) is 5.26 Å². The average Bonchev–Trinajstić information content (AvgIpc) is 3.11. The van der Waals surface area contributed by atoms with Gasteiger partial charge in [-0.15, -0.1) is 0 Å². The third-order valence-corrected chi connectivity index (χ3v) is 6.38. The monoisotopic (exact) mass is 377 g/mol. The van der Waals surface area contributed by atoms with Crippen molar-refractivity contribution in [2.24, 2.45) is 0 Å². The Morgan fingerprint density at radius 3 is 2.78 bits per heavy atom. The van der Waals surface area contributed by atoms with Gasteiger partial charge in [-0.1, -0.05) is 42.8 Å². The molecule has 1 aliphatic heterocycles.